The third-order valence-corrected chi connectivity index (χ3v) is 5.77. The number of nitrogens with one attached hydrogen (secondary N) is 1. The van der Waals surface area contributed by atoms with E-state index in [0.29, 0.717) is 30.9 Å². The summed E-state index contributed by atoms with van der Waals surface area (Å²) in [7, 11) is 3.20. The Hall–Kier alpha value is -2.61. The van der Waals surface area contributed by atoms with E-state index in [4.69, 9.17) is 9.47 Å². The number of β-amino-alcohol motifs (C(OH)–C–C–N with tert-alkyl or cyclic N) is 2. The SMILES string of the molecule is COc1ccc(CCNC[C@]2(O)CN(C(=O)CCc3ccccc3)C[C@H]2O)cc1OC. The van der Waals surface area contributed by atoms with Crippen molar-refractivity contribution >= 4 is 5.91 Å². The Bertz CT molecular complexity index is 860. The van der Waals surface area contributed by atoms with Crippen LogP contribution >= 0.6 is 0 Å². The third kappa shape index (κ3) is 5.97. The first-order chi connectivity index (χ1) is 14.9. The molecular formula is C24H32N2O5. The number of carbonyl (C=O) groups excluding carboxylic acids is 1. The van der Waals surface area contributed by atoms with Crippen LogP contribution in [0.3, 0.4) is 0 Å². The number of hydrogen-bond donors (Lipinski definition) is 3. The van der Waals surface area contributed by atoms with Crippen molar-refractivity contribution in [3.8, 4) is 11.5 Å². The number of amides is 1. The highest BCUT2D eigenvalue weighted by Gasteiger charge is 2.45. The van der Waals surface area contributed by atoms with Gasteiger partial charge in [0.05, 0.1) is 20.8 Å². The Balaban J connectivity index is 1.45. The molecule has 3 rings (SSSR count). The lowest BCUT2D eigenvalue weighted by atomic mass is 10.0. The molecule has 0 unspecified atom stereocenters. The van der Waals surface area contributed by atoms with E-state index in [1.54, 1.807) is 19.1 Å². The van der Waals surface area contributed by atoms with E-state index in [1.807, 2.05) is 48.5 Å². The summed E-state index contributed by atoms with van der Waals surface area (Å²) in [5.41, 5.74) is 0.824. The lowest BCUT2D eigenvalue weighted by Crippen LogP contribution is -2.50. The van der Waals surface area contributed by atoms with Gasteiger partial charge in [0.2, 0.25) is 5.91 Å². The normalized spacial score (nSPS) is 20.6. The molecule has 0 aliphatic carbocycles. The summed E-state index contributed by atoms with van der Waals surface area (Å²) >= 11 is 0. The number of rotatable bonds is 10. The average molecular weight is 429 g/mol. The van der Waals surface area contributed by atoms with Crippen molar-refractivity contribution in [1.82, 2.24) is 10.2 Å². The van der Waals surface area contributed by atoms with Gasteiger partial charge in [-0.15, -0.1) is 0 Å². The second-order valence-electron chi connectivity index (χ2n) is 8.00. The standard InChI is InChI=1S/C24H32N2O5/c1-30-20-10-8-19(14-21(20)31-2)12-13-25-16-24(29)17-26(15-22(24)27)23(28)11-9-18-6-4-3-5-7-18/h3-8,10,14,22,25,27,29H,9,11-13,15-17H2,1-2H3/t22-,24+/m1/s1. The van der Waals surface area contributed by atoms with Crippen LogP contribution < -0.4 is 14.8 Å². The smallest absolute Gasteiger partial charge is 0.223 e. The minimum Gasteiger partial charge on any atom is -0.493 e. The number of aliphatic hydroxyl groups excluding tert-OH is 1. The van der Waals surface area contributed by atoms with E-state index in [9.17, 15) is 15.0 Å². The average Bonchev–Trinajstić information content (AvgIpc) is 3.10. The number of aliphatic hydroxyl groups is 2. The lowest BCUT2D eigenvalue weighted by molar-refractivity contribution is -0.131. The lowest BCUT2D eigenvalue weighted by Gasteiger charge is -2.26. The molecule has 1 fully saturated rings. The van der Waals surface area contributed by atoms with Gasteiger partial charge in [0, 0.05) is 19.5 Å². The Labute approximate surface area is 183 Å². The van der Waals surface area contributed by atoms with E-state index >= 15 is 0 Å². The Morgan fingerprint density at radius 1 is 1.10 bits per heavy atom. The second-order valence-corrected chi connectivity index (χ2v) is 8.00. The van der Waals surface area contributed by atoms with Crippen LogP contribution in [0.4, 0.5) is 0 Å². The predicted octanol–water partition coefficient (Wildman–Crippen LogP) is 1.40. The van der Waals surface area contributed by atoms with Crippen molar-refractivity contribution in [3.05, 3.63) is 59.7 Å². The molecule has 2 atom stereocenters. The van der Waals surface area contributed by atoms with Gasteiger partial charge in [0.25, 0.3) is 0 Å². The fourth-order valence-electron chi connectivity index (χ4n) is 3.87. The van der Waals surface area contributed by atoms with E-state index in [1.165, 1.54) is 0 Å². The number of carbonyl (C=O) groups is 1. The largest absolute Gasteiger partial charge is 0.493 e. The van der Waals surface area contributed by atoms with Crippen molar-refractivity contribution < 1.29 is 24.5 Å². The van der Waals surface area contributed by atoms with E-state index in [2.05, 4.69) is 5.32 Å². The van der Waals surface area contributed by atoms with Gasteiger partial charge in [-0.1, -0.05) is 36.4 Å². The number of ether oxygens (including phenoxy) is 2. The zero-order valence-corrected chi connectivity index (χ0v) is 18.2. The van der Waals surface area contributed by atoms with Crippen LogP contribution in [0.5, 0.6) is 11.5 Å². The van der Waals surface area contributed by atoms with Crippen molar-refractivity contribution in [2.75, 3.05) is 40.4 Å². The quantitative estimate of drug-likeness (QED) is 0.496. The highest BCUT2D eigenvalue weighted by molar-refractivity contribution is 5.77. The van der Waals surface area contributed by atoms with E-state index < -0.39 is 11.7 Å². The highest BCUT2D eigenvalue weighted by atomic mass is 16.5. The van der Waals surface area contributed by atoms with Gasteiger partial charge in [-0.05, 0) is 42.6 Å². The fraction of sp³-hybridized carbons (Fsp3) is 0.458. The number of hydrogen-bond acceptors (Lipinski definition) is 6. The first-order valence-corrected chi connectivity index (χ1v) is 10.6. The zero-order chi connectivity index (χ0) is 22.3. The van der Waals surface area contributed by atoms with Gasteiger partial charge < -0.3 is 29.9 Å². The molecule has 0 saturated carbocycles. The van der Waals surface area contributed by atoms with Crippen LogP contribution in [0.25, 0.3) is 0 Å². The molecule has 0 bridgehead atoms. The van der Waals surface area contributed by atoms with Crippen LogP contribution in [0.1, 0.15) is 17.5 Å². The number of methoxy groups -OCH3 is 2. The summed E-state index contributed by atoms with van der Waals surface area (Å²) in [5, 5.41) is 24.5. The van der Waals surface area contributed by atoms with E-state index in [-0.39, 0.29) is 25.5 Å². The van der Waals surface area contributed by atoms with Crippen molar-refractivity contribution in [3.63, 3.8) is 0 Å². The molecule has 7 nitrogen and oxygen atoms in total. The van der Waals surface area contributed by atoms with Crippen molar-refractivity contribution in [2.45, 2.75) is 31.0 Å². The van der Waals surface area contributed by atoms with Gasteiger partial charge in [-0.3, -0.25) is 4.79 Å². The number of likely N-dealkylation sites (tertiary alicyclic amines) is 1. The first-order valence-electron chi connectivity index (χ1n) is 10.6. The Morgan fingerprint density at radius 3 is 2.55 bits per heavy atom. The van der Waals surface area contributed by atoms with Gasteiger partial charge in [-0.25, -0.2) is 0 Å². The molecule has 1 aliphatic heterocycles. The fourth-order valence-corrected chi connectivity index (χ4v) is 3.87. The van der Waals surface area contributed by atoms with Gasteiger partial charge >= 0.3 is 0 Å². The minimum absolute atomic E-state index is 0.0517. The molecule has 0 aromatic heterocycles. The molecule has 1 heterocycles. The van der Waals surface area contributed by atoms with Crippen LogP contribution in [0, 0.1) is 0 Å². The molecule has 2 aromatic rings. The molecule has 31 heavy (non-hydrogen) atoms. The first kappa shape index (κ1) is 23.1. The molecule has 3 N–H and O–H groups in total. The topological polar surface area (TPSA) is 91.3 Å². The van der Waals surface area contributed by atoms with Gasteiger partial charge in [0.15, 0.2) is 11.5 Å². The summed E-state index contributed by atoms with van der Waals surface area (Å²) in [6, 6.07) is 15.6. The van der Waals surface area contributed by atoms with Crippen molar-refractivity contribution in [1.29, 1.82) is 0 Å². The summed E-state index contributed by atoms with van der Waals surface area (Å²) < 4.78 is 10.6. The predicted molar refractivity (Wildman–Crippen MR) is 118 cm³/mol. The molecule has 1 amide bonds. The molecule has 168 valence electrons. The maximum Gasteiger partial charge on any atom is 0.223 e. The number of aryl methyl sites for hydroxylation is 1. The maximum atomic E-state index is 12.5. The highest BCUT2D eigenvalue weighted by Crippen LogP contribution is 2.27. The summed E-state index contributed by atoms with van der Waals surface area (Å²) in [6.45, 7) is 1.11. The van der Waals surface area contributed by atoms with Gasteiger partial charge in [-0.2, -0.15) is 0 Å². The molecule has 7 heteroatoms. The van der Waals surface area contributed by atoms with Crippen LogP contribution in [-0.2, 0) is 17.6 Å². The molecule has 1 saturated heterocycles. The van der Waals surface area contributed by atoms with Crippen LogP contribution in [-0.4, -0.2) is 73.1 Å². The Kier molecular flexibility index (Phi) is 7.90. The van der Waals surface area contributed by atoms with Gasteiger partial charge in [0.1, 0.15) is 11.7 Å². The summed E-state index contributed by atoms with van der Waals surface area (Å²) in [4.78, 5) is 14.1. The molecular weight excluding hydrogens is 396 g/mol. The van der Waals surface area contributed by atoms with Crippen LogP contribution in [0.2, 0.25) is 0 Å². The van der Waals surface area contributed by atoms with Crippen LogP contribution in [0.15, 0.2) is 48.5 Å². The third-order valence-electron chi connectivity index (χ3n) is 5.77. The number of nitrogens with zero attached hydrogens (tertiary/aromatic N) is 1. The number of benzene rings is 2. The maximum absolute atomic E-state index is 12.5. The minimum atomic E-state index is -1.35. The molecule has 1 aliphatic rings. The summed E-state index contributed by atoms with van der Waals surface area (Å²) in [5.74, 6) is 1.30. The molecule has 0 radical (unpaired) electrons. The monoisotopic (exact) mass is 428 g/mol. The summed E-state index contributed by atoms with van der Waals surface area (Å²) in [6.07, 6.45) is 0.766. The second kappa shape index (κ2) is 10.6. The van der Waals surface area contributed by atoms with Crippen molar-refractivity contribution in [2.24, 2.45) is 0 Å². The Morgan fingerprint density at radius 2 is 1.84 bits per heavy atom. The molecule has 2 aromatic carbocycles. The zero-order valence-electron chi connectivity index (χ0n) is 18.2. The molecule has 0 spiro atoms. The van der Waals surface area contributed by atoms with E-state index in [0.717, 1.165) is 17.5 Å².